The molecule has 4 saturated heterocycles. The van der Waals surface area contributed by atoms with Crippen LogP contribution in [0.3, 0.4) is 0 Å². The number of unbranched alkanes of at least 4 members (excludes halogenated alkanes) is 2. The van der Waals surface area contributed by atoms with Crippen LogP contribution < -0.4 is 21.7 Å². The van der Waals surface area contributed by atoms with Crippen LogP contribution in [0.2, 0.25) is 0 Å². The van der Waals surface area contributed by atoms with Crippen LogP contribution in [0.5, 0.6) is 0 Å². The van der Waals surface area contributed by atoms with Crippen molar-refractivity contribution in [2.24, 2.45) is 47.2 Å². The SMILES string of the molecule is C[C@H]1[C@@H](OCCCCN(CC(=O)NCCCNCCCCNCCCN)CC2=C(C(F)(F)F)O[C@@H]3O[C@@]4(C)CCC5[C@H](C)CC[C@@H]2[C@]53O4)O[C@@H]2O[C@@H](C)CCC3[C@H](C)CC[C@@H]1C32OO. The first-order valence-electron chi connectivity index (χ1n) is 24.9. The second-order valence-corrected chi connectivity index (χ2v) is 20.5. The fourth-order valence-electron chi connectivity index (χ4n) is 12.8. The number of carbonyl (C=O) groups is 1. The van der Waals surface area contributed by atoms with Gasteiger partial charge in [0, 0.05) is 43.9 Å². The number of hydrogen-bond acceptors (Lipinski definition) is 13. The van der Waals surface area contributed by atoms with E-state index < -0.39 is 53.7 Å². The van der Waals surface area contributed by atoms with Crippen molar-refractivity contribution < 1.29 is 56.5 Å². The summed E-state index contributed by atoms with van der Waals surface area (Å²) >= 11 is 0. The normalized spacial score (nSPS) is 39.3. The highest BCUT2D eigenvalue weighted by Crippen LogP contribution is 2.64. The molecule has 6 N–H and O–H groups in total. The second kappa shape index (κ2) is 21.8. The van der Waals surface area contributed by atoms with Gasteiger partial charge < -0.3 is 50.1 Å². The lowest BCUT2D eigenvalue weighted by Crippen LogP contribution is -2.67. The summed E-state index contributed by atoms with van der Waals surface area (Å²) in [4.78, 5) is 20.9. The summed E-state index contributed by atoms with van der Waals surface area (Å²) in [6, 6.07) is 0. The van der Waals surface area contributed by atoms with E-state index in [1.54, 1.807) is 0 Å². The van der Waals surface area contributed by atoms with Gasteiger partial charge in [0.25, 0.3) is 0 Å². The lowest BCUT2D eigenvalue weighted by molar-refractivity contribution is -0.460. The molecule has 14 atom stereocenters. The summed E-state index contributed by atoms with van der Waals surface area (Å²) in [6.07, 6.45) is 3.93. The minimum atomic E-state index is -4.75. The third-order valence-corrected chi connectivity index (χ3v) is 16.1. The van der Waals surface area contributed by atoms with Gasteiger partial charge in [-0.3, -0.25) is 15.0 Å². The molecule has 5 aliphatic heterocycles. The standard InChI is InChI=1S/C47H80F3N5O9/c1-30-12-15-37-33(4)41(61-42-46(37,64-57)35(30)17-14-32(3)59-42)58-27-9-8-26-55(29-39(56)54-25-11-24-53-22-7-6-21-52-23-10-20-51)28-34-38-16-13-31(2)36-18-19-44(5)62-43(45(36,38)63-44)60-40(34)47(48,49)50/h30-33,35-38,41-43,52-53,57H,6-29,51H2,1-5H3,(H,54,56)/t30-,31-,32+,33-,35?,36?,37+,38+,41+,42+,43-,44-,45-,46?/m1/s1. The van der Waals surface area contributed by atoms with E-state index in [9.17, 15) is 10.1 Å². The number of amides is 1. The molecule has 7 rings (SSSR count). The fourth-order valence-corrected chi connectivity index (χ4v) is 12.8. The number of nitrogens with two attached hydrogens (primary N) is 1. The van der Waals surface area contributed by atoms with E-state index in [-0.39, 0.29) is 60.3 Å². The van der Waals surface area contributed by atoms with Crippen LogP contribution in [0.15, 0.2) is 11.3 Å². The van der Waals surface area contributed by atoms with E-state index in [1.807, 2.05) is 18.7 Å². The quantitative estimate of drug-likeness (QED) is 0.0433. The highest BCUT2D eigenvalue weighted by Gasteiger charge is 2.72. The Kier molecular flexibility index (Phi) is 17.1. The summed E-state index contributed by atoms with van der Waals surface area (Å²) in [5, 5.41) is 20.4. The van der Waals surface area contributed by atoms with E-state index in [0.29, 0.717) is 57.8 Å². The van der Waals surface area contributed by atoms with Crippen molar-refractivity contribution in [2.45, 2.75) is 173 Å². The Labute approximate surface area is 379 Å². The Bertz CT molecular complexity index is 1560. The Morgan fingerprint density at radius 1 is 0.844 bits per heavy atom. The van der Waals surface area contributed by atoms with Gasteiger partial charge in [0.05, 0.1) is 12.6 Å². The van der Waals surface area contributed by atoms with E-state index >= 15 is 13.2 Å². The van der Waals surface area contributed by atoms with Crippen molar-refractivity contribution in [1.29, 1.82) is 0 Å². The predicted octanol–water partition coefficient (Wildman–Crippen LogP) is 6.44. The minimum absolute atomic E-state index is 0.00916. The molecule has 0 radical (unpaired) electrons. The smallest absolute Gasteiger partial charge is 0.449 e. The van der Waals surface area contributed by atoms with Crippen molar-refractivity contribution in [3.63, 3.8) is 0 Å². The van der Waals surface area contributed by atoms with Gasteiger partial charge in [-0.05, 0) is 166 Å². The van der Waals surface area contributed by atoms with Gasteiger partial charge in [0.1, 0.15) is 5.60 Å². The van der Waals surface area contributed by atoms with E-state index in [0.717, 1.165) is 90.4 Å². The second-order valence-electron chi connectivity index (χ2n) is 20.5. The number of nitrogens with zero attached hydrogens (tertiary/aromatic N) is 1. The number of halogens is 3. The first-order valence-corrected chi connectivity index (χ1v) is 24.9. The zero-order valence-electron chi connectivity index (χ0n) is 39.2. The maximum atomic E-state index is 15.1. The van der Waals surface area contributed by atoms with Gasteiger partial charge in [0.2, 0.25) is 18.0 Å². The van der Waals surface area contributed by atoms with Crippen LogP contribution in [0.4, 0.5) is 13.2 Å². The average molecular weight is 916 g/mol. The number of hydrogen-bond donors (Lipinski definition) is 5. The summed E-state index contributed by atoms with van der Waals surface area (Å²) in [5.41, 5.74) is 3.71. The summed E-state index contributed by atoms with van der Waals surface area (Å²) < 4.78 is 83.5. The molecule has 0 aromatic carbocycles. The number of ether oxygens (including phenoxy) is 6. The molecule has 2 saturated carbocycles. The van der Waals surface area contributed by atoms with Crippen LogP contribution >= 0.6 is 0 Å². The highest BCUT2D eigenvalue weighted by molar-refractivity contribution is 5.78. The lowest BCUT2D eigenvalue weighted by Gasteiger charge is -2.57. The summed E-state index contributed by atoms with van der Waals surface area (Å²) in [5.74, 6) is -2.24. The van der Waals surface area contributed by atoms with Gasteiger partial charge in [-0.25, -0.2) is 4.89 Å². The number of allylic oxidation sites excluding steroid dienone is 1. The van der Waals surface area contributed by atoms with E-state index in [2.05, 4.69) is 36.7 Å². The van der Waals surface area contributed by atoms with Crippen LogP contribution in [-0.2, 0) is 38.1 Å². The van der Waals surface area contributed by atoms with Crippen LogP contribution in [0, 0.1) is 41.4 Å². The summed E-state index contributed by atoms with van der Waals surface area (Å²) in [7, 11) is 0. The third-order valence-electron chi connectivity index (χ3n) is 16.1. The molecule has 0 aromatic rings. The molecular weight excluding hydrogens is 836 g/mol. The maximum absolute atomic E-state index is 15.1. The zero-order chi connectivity index (χ0) is 45.7. The molecule has 6 fully saturated rings. The van der Waals surface area contributed by atoms with Gasteiger partial charge in [-0.15, -0.1) is 0 Å². The van der Waals surface area contributed by atoms with Crippen molar-refractivity contribution in [1.82, 2.24) is 20.9 Å². The Balaban J connectivity index is 0.989. The lowest BCUT2D eigenvalue weighted by atomic mass is 9.58. The van der Waals surface area contributed by atoms with Gasteiger partial charge in [-0.2, -0.15) is 13.2 Å². The monoisotopic (exact) mass is 916 g/mol. The van der Waals surface area contributed by atoms with E-state index in [1.165, 1.54) is 0 Å². The molecule has 0 aromatic heterocycles. The molecule has 1 amide bonds. The maximum Gasteiger partial charge on any atom is 0.449 e. The van der Waals surface area contributed by atoms with Crippen LogP contribution in [0.25, 0.3) is 0 Å². The predicted molar refractivity (Wildman–Crippen MR) is 233 cm³/mol. The van der Waals surface area contributed by atoms with Gasteiger partial charge in [0.15, 0.2) is 24.0 Å². The number of rotatable bonds is 23. The van der Waals surface area contributed by atoms with E-state index in [4.69, 9.17) is 39.0 Å². The highest BCUT2D eigenvalue weighted by atomic mass is 19.4. The van der Waals surface area contributed by atoms with Crippen molar-refractivity contribution in [3.8, 4) is 0 Å². The van der Waals surface area contributed by atoms with Crippen molar-refractivity contribution >= 4 is 5.91 Å². The first-order chi connectivity index (χ1) is 30.7. The fraction of sp³-hybridized carbons (Fsp3) is 0.936. The molecule has 3 unspecified atom stereocenters. The number of fused-ring (bicyclic) bond motifs is 1. The molecule has 368 valence electrons. The molecule has 64 heavy (non-hydrogen) atoms. The number of nitrogens with one attached hydrogen (secondary N) is 3. The molecule has 7 aliphatic rings. The zero-order valence-corrected chi connectivity index (χ0v) is 39.2. The van der Waals surface area contributed by atoms with Gasteiger partial charge >= 0.3 is 6.18 Å². The molecule has 17 heteroatoms. The Hall–Kier alpha value is -1.64. The third kappa shape index (κ3) is 10.6. The molecule has 1 spiro atoms. The van der Waals surface area contributed by atoms with Gasteiger partial charge in [-0.1, -0.05) is 20.8 Å². The van der Waals surface area contributed by atoms with Crippen LogP contribution in [-0.4, -0.2) is 130 Å². The average Bonchev–Trinajstić information content (AvgIpc) is 3.37. The molecule has 14 nitrogen and oxygen atoms in total. The topological polar surface area (TPSA) is 167 Å². The van der Waals surface area contributed by atoms with Crippen molar-refractivity contribution in [3.05, 3.63) is 11.3 Å². The molecule has 5 heterocycles. The summed E-state index contributed by atoms with van der Waals surface area (Å²) in [6.45, 7) is 15.5. The molecule has 2 bridgehead atoms. The molecular formula is C47H80F3N5O9. The van der Waals surface area contributed by atoms with Crippen molar-refractivity contribution in [2.75, 3.05) is 65.5 Å². The van der Waals surface area contributed by atoms with Crippen LogP contribution in [0.1, 0.15) is 125 Å². The molecule has 2 aliphatic carbocycles. The Morgan fingerprint density at radius 3 is 2.28 bits per heavy atom. The number of alkyl halides is 3. The first kappa shape index (κ1) is 50.2. The largest absolute Gasteiger partial charge is 0.456 e. The minimum Gasteiger partial charge on any atom is -0.456 e. The number of carbonyl (C=O) groups excluding carboxylic acids is 1. The Morgan fingerprint density at radius 2 is 1.55 bits per heavy atom.